The Morgan fingerprint density at radius 2 is 1.32 bits per heavy atom. The van der Waals surface area contributed by atoms with Crippen LogP contribution in [0.2, 0.25) is 0 Å². The fourth-order valence-corrected chi connectivity index (χ4v) is 3.37. The number of rotatable bonds is 12. The second-order valence-electron chi connectivity index (χ2n) is 8.85. The Morgan fingerprint density at radius 3 is 1.82 bits per heavy atom. The Kier molecular flexibility index (Phi) is 11.1. The largest absolute Gasteiger partial charge is 0.459 e. The third-order valence-corrected chi connectivity index (χ3v) is 5.51. The van der Waals surface area contributed by atoms with Crippen LogP contribution in [0.15, 0.2) is 60.7 Å². The van der Waals surface area contributed by atoms with Gasteiger partial charge in [-0.2, -0.15) is 0 Å². The van der Waals surface area contributed by atoms with E-state index in [9.17, 15) is 14.4 Å². The van der Waals surface area contributed by atoms with E-state index >= 15 is 0 Å². The predicted molar refractivity (Wildman–Crippen MR) is 131 cm³/mol. The molecule has 0 aliphatic carbocycles. The van der Waals surface area contributed by atoms with Gasteiger partial charge in [0.05, 0.1) is 0 Å². The number of ether oxygens (including phenoxy) is 2. The lowest BCUT2D eigenvalue weighted by atomic mass is 9.97. The van der Waals surface area contributed by atoms with Crippen molar-refractivity contribution in [1.29, 1.82) is 0 Å². The highest BCUT2D eigenvalue weighted by Crippen LogP contribution is 2.13. The van der Waals surface area contributed by atoms with E-state index in [1.54, 1.807) is 0 Å². The van der Waals surface area contributed by atoms with Gasteiger partial charge in [-0.15, -0.1) is 0 Å². The van der Waals surface area contributed by atoms with Gasteiger partial charge in [0.2, 0.25) is 5.91 Å². The number of hydrogen-bond donors (Lipinski definition) is 2. The first-order chi connectivity index (χ1) is 16.3. The molecule has 0 bridgehead atoms. The second-order valence-corrected chi connectivity index (χ2v) is 8.85. The highest BCUT2D eigenvalue weighted by Gasteiger charge is 2.31. The average Bonchev–Trinajstić information content (AvgIpc) is 2.84. The zero-order chi connectivity index (χ0) is 24.9. The number of amides is 2. The van der Waals surface area contributed by atoms with Crippen LogP contribution >= 0.6 is 0 Å². The van der Waals surface area contributed by atoms with Crippen molar-refractivity contribution in [3.63, 3.8) is 0 Å². The molecule has 0 saturated heterocycles. The Morgan fingerprint density at radius 1 is 0.794 bits per heavy atom. The van der Waals surface area contributed by atoms with E-state index in [0.717, 1.165) is 11.1 Å². The Bertz CT molecular complexity index is 902. The van der Waals surface area contributed by atoms with Crippen LogP contribution in [0.3, 0.4) is 0 Å². The standard InChI is InChI=1S/C27H36N2O5/c1-5-20(4)24(29-27(32)34-18-22-14-10-7-11-15-22)25(30)28-23(16-19(2)3)26(31)33-17-21-12-8-6-9-13-21/h6-15,19-20,23-24H,5,16-18H2,1-4H3,(H,28,30)(H,29,32)/t20-,23+,24+/m1/s1. The van der Waals surface area contributed by atoms with Gasteiger partial charge in [0.15, 0.2) is 0 Å². The van der Waals surface area contributed by atoms with Crippen molar-refractivity contribution < 1.29 is 23.9 Å². The van der Waals surface area contributed by atoms with Crippen LogP contribution in [0.1, 0.15) is 51.7 Å². The first-order valence-electron chi connectivity index (χ1n) is 11.8. The van der Waals surface area contributed by atoms with Gasteiger partial charge < -0.3 is 20.1 Å². The molecule has 7 heteroatoms. The molecule has 3 atom stereocenters. The fourth-order valence-electron chi connectivity index (χ4n) is 3.37. The molecule has 184 valence electrons. The summed E-state index contributed by atoms with van der Waals surface area (Å²) in [5.41, 5.74) is 1.71. The Balaban J connectivity index is 2.00. The van der Waals surface area contributed by atoms with Crippen molar-refractivity contribution in [2.24, 2.45) is 11.8 Å². The summed E-state index contributed by atoms with van der Waals surface area (Å²) in [6.45, 7) is 7.96. The lowest BCUT2D eigenvalue weighted by Gasteiger charge is -2.26. The fraction of sp³-hybridized carbons (Fsp3) is 0.444. The van der Waals surface area contributed by atoms with E-state index in [2.05, 4.69) is 10.6 Å². The molecule has 0 aromatic heterocycles. The van der Waals surface area contributed by atoms with Gasteiger partial charge in [0, 0.05) is 0 Å². The number of nitrogens with one attached hydrogen (secondary N) is 2. The third kappa shape index (κ3) is 9.25. The lowest BCUT2D eigenvalue weighted by Crippen LogP contribution is -2.54. The molecular formula is C27H36N2O5. The van der Waals surface area contributed by atoms with Crippen LogP contribution in [0.5, 0.6) is 0 Å². The number of esters is 1. The van der Waals surface area contributed by atoms with Crippen LogP contribution in [-0.2, 0) is 32.3 Å². The summed E-state index contributed by atoms with van der Waals surface area (Å²) in [4.78, 5) is 38.3. The number of alkyl carbamates (subject to hydrolysis) is 1. The summed E-state index contributed by atoms with van der Waals surface area (Å²) in [5, 5.41) is 5.46. The summed E-state index contributed by atoms with van der Waals surface area (Å²) in [6, 6.07) is 17.0. The van der Waals surface area contributed by atoms with Crippen molar-refractivity contribution in [2.75, 3.05) is 0 Å². The van der Waals surface area contributed by atoms with Crippen molar-refractivity contribution >= 4 is 18.0 Å². The van der Waals surface area contributed by atoms with Crippen molar-refractivity contribution in [2.45, 2.75) is 65.8 Å². The Hall–Kier alpha value is -3.35. The van der Waals surface area contributed by atoms with E-state index in [1.807, 2.05) is 88.4 Å². The van der Waals surface area contributed by atoms with E-state index in [-0.39, 0.29) is 25.0 Å². The Labute approximate surface area is 202 Å². The van der Waals surface area contributed by atoms with E-state index < -0.39 is 30.1 Å². The number of carbonyl (C=O) groups is 3. The van der Waals surface area contributed by atoms with Gasteiger partial charge in [-0.3, -0.25) is 4.79 Å². The van der Waals surface area contributed by atoms with Crippen LogP contribution < -0.4 is 10.6 Å². The maximum atomic E-state index is 13.1. The molecule has 2 rings (SSSR count). The molecular weight excluding hydrogens is 432 g/mol. The van der Waals surface area contributed by atoms with E-state index in [0.29, 0.717) is 12.8 Å². The molecule has 0 aliphatic rings. The van der Waals surface area contributed by atoms with Crippen LogP contribution in [0.4, 0.5) is 4.79 Å². The van der Waals surface area contributed by atoms with Crippen LogP contribution in [0, 0.1) is 11.8 Å². The molecule has 2 aromatic rings. The third-order valence-electron chi connectivity index (χ3n) is 5.51. The summed E-state index contributed by atoms with van der Waals surface area (Å²) < 4.78 is 10.7. The molecule has 34 heavy (non-hydrogen) atoms. The zero-order valence-electron chi connectivity index (χ0n) is 20.5. The first-order valence-corrected chi connectivity index (χ1v) is 11.8. The van der Waals surface area contributed by atoms with Gasteiger partial charge in [0.25, 0.3) is 0 Å². The first kappa shape index (κ1) is 26.9. The smallest absolute Gasteiger partial charge is 0.408 e. The van der Waals surface area contributed by atoms with Crippen molar-refractivity contribution in [3.8, 4) is 0 Å². The molecule has 2 amide bonds. The summed E-state index contributed by atoms with van der Waals surface area (Å²) in [6.07, 6.45) is 0.395. The topological polar surface area (TPSA) is 93.7 Å². The maximum Gasteiger partial charge on any atom is 0.408 e. The van der Waals surface area contributed by atoms with Gasteiger partial charge in [-0.05, 0) is 29.4 Å². The highest BCUT2D eigenvalue weighted by molar-refractivity contribution is 5.89. The van der Waals surface area contributed by atoms with Crippen molar-refractivity contribution in [1.82, 2.24) is 10.6 Å². The molecule has 7 nitrogen and oxygen atoms in total. The minimum atomic E-state index is -0.843. The monoisotopic (exact) mass is 468 g/mol. The normalized spacial score (nSPS) is 13.4. The van der Waals surface area contributed by atoms with E-state index in [4.69, 9.17) is 9.47 Å². The highest BCUT2D eigenvalue weighted by atomic mass is 16.5. The van der Waals surface area contributed by atoms with Gasteiger partial charge >= 0.3 is 12.1 Å². The SMILES string of the molecule is CC[C@@H](C)[C@H](NC(=O)OCc1ccccc1)C(=O)N[C@@H](CC(C)C)C(=O)OCc1ccccc1. The number of hydrogen-bond acceptors (Lipinski definition) is 5. The second kappa shape index (κ2) is 14.0. The van der Waals surface area contributed by atoms with Crippen LogP contribution in [-0.4, -0.2) is 30.1 Å². The molecule has 0 heterocycles. The summed E-state index contributed by atoms with van der Waals surface area (Å²) >= 11 is 0. The van der Waals surface area contributed by atoms with E-state index in [1.165, 1.54) is 0 Å². The molecule has 0 saturated carbocycles. The molecule has 2 N–H and O–H groups in total. The number of carbonyl (C=O) groups excluding carboxylic acids is 3. The average molecular weight is 469 g/mol. The molecule has 0 spiro atoms. The number of benzene rings is 2. The van der Waals surface area contributed by atoms with Gasteiger partial charge in [-0.1, -0.05) is 94.8 Å². The molecule has 0 radical (unpaired) electrons. The maximum absolute atomic E-state index is 13.1. The zero-order valence-corrected chi connectivity index (χ0v) is 20.5. The minimum Gasteiger partial charge on any atom is -0.459 e. The summed E-state index contributed by atoms with van der Waals surface area (Å²) in [5.74, 6) is -0.946. The molecule has 0 fully saturated rings. The minimum absolute atomic E-state index is 0.101. The van der Waals surface area contributed by atoms with Gasteiger partial charge in [-0.25, -0.2) is 9.59 Å². The predicted octanol–water partition coefficient (Wildman–Crippen LogP) is 4.60. The lowest BCUT2D eigenvalue weighted by molar-refractivity contribution is -0.150. The molecule has 0 aliphatic heterocycles. The van der Waals surface area contributed by atoms with Gasteiger partial charge in [0.1, 0.15) is 25.3 Å². The quantitative estimate of drug-likeness (QED) is 0.444. The summed E-state index contributed by atoms with van der Waals surface area (Å²) in [7, 11) is 0. The van der Waals surface area contributed by atoms with Crippen LogP contribution in [0.25, 0.3) is 0 Å². The van der Waals surface area contributed by atoms with Crippen molar-refractivity contribution in [3.05, 3.63) is 71.8 Å². The molecule has 0 unspecified atom stereocenters. The molecule has 2 aromatic carbocycles.